The fourth-order valence-corrected chi connectivity index (χ4v) is 2.40. The number of rotatable bonds is 6. The van der Waals surface area contributed by atoms with Crippen LogP contribution in [0.2, 0.25) is 18.1 Å². The summed E-state index contributed by atoms with van der Waals surface area (Å²) in [6.07, 6.45) is 4.69. The van der Waals surface area contributed by atoms with Crippen molar-refractivity contribution in [3.8, 4) is 11.8 Å². The standard InChI is InChI=1S/C15H29BrOSi/c1-14(16)12-10-8-7-9-11-13-17-18(5,6)15(2,3)4/h14H,7-8,10,12-13H2,1-6H3. The van der Waals surface area contributed by atoms with Gasteiger partial charge in [-0.15, -0.1) is 5.92 Å². The highest BCUT2D eigenvalue weighted by atomic mass is 79.9. The van der Waals surface area contributed by atoms with E-state index in [1.807, 2.05) is 0 Å². The van der Waals surface area contributed by atoms with Gasteiger partial charge < -0.3 is 4.43 Å². The molecule has 0 spiro atoms. The molecule has 0 saturated carbocycles. The molecule has 0 amide bonds. The molecule has 1 atom stereocenters. The van der Waals surface area contributed by atoms with E-state index in [0.29, 0.717) is 11.4 Å². The summed E-state index contributed by atoms with van der Waals surface area (Å²) >= 11 is 3.56. The van der Waals surface area contributed by atoms with Crippen LogP contribution in [-0.4, -0.2) is 19.8 Å². The van der Waals surface area contributed by atoms with E-state index in [2.05, 4.69) is 68.6 Å². The second-order valence-electron chi connectivity index (χ2n) is 6.43. The molecule has 0 aliphatic carbocycles. The zero-order chi connectivity index (χ0) is 14.2. The first kappa shape index (κ1) is 18.2. The number of unbranched alkanes of at least 4 members (excludes halogenated alkanes) is 2. The third kappa shape index (κ3) is 8.34. The van der Waals surface area contributed by atoms with Crippen molar-refractivity contribution in [2.75, 3.05) is 6.61 Å². The Morgan fingerprint density at radius 1 is 1.17 bits per heavy atom. The molecular formula is C15H29BrOSi. The van der Waals surface area contributed by atoms with Crippen molar-refractivity contribution in [2.24, 2.45) is 0 Å². The predicted octanol–water partition coefficient (Wildman–Crippen LogP) is 5.36. The lowest BCUT2D eigenvalue weighted by Gasteiger charge is -2.35. The van der Waals surface area contributed by atoms with Gasteiger partial charge in [-0.25, -0.2) is 0 Å². The minimum atomic E-state index is -1.60. The Balaban J connectivity index is 3.73. The minimum absolute atomic E-state index is 0.278. The van der Waals surface area contributed by atoms with E-state index < -0.39 is 8.32 Å². The summed E-state index contributed by atoms with van der Waals surface area (Å²) in [5, 5.41) is 0.278. The third-order valence-corrected chi connectivity index (χ3v) is 8.53. The molecule has 18 heavy (non-hydrogen) atoms. The van der Waals surface area contributed by atoms with Gasteiger partial charge in [-0.1, -0.05) is 56.0 Å². The van der Waals surface area contributed by atoms with E-state index in [-0.39, 0.29) is 5.04 Å². The molecule has 0 aliphatic rings. The van der Waals surface area contributed by atoms with E-state index in [0.717, 1.165) is 6.42 Å². The van der Waals surface area contributed by atoms with Gasteiger partial charge in [-0.3, -0.25) is 0 Å². The van der Waals surface area contributed by atoms with Crippen molar-refractivity contribution in [1.82, 2.24) is 0 Å². The largest absolute Gasteiger partial charge is 0.406 e. The molecule has 0 bridgehead atoms. The Kier molecular flexibility index (Phi) is 8.50. The van der Waals surface area contributed by atoms with Crippen molar-refractivity contribution < 1.29 is 4.43 Å². The molecule has 1 unspecified atom stereocenters. The minimum Gasteiger partial charge on any atom is -0.406 e. The number of hydrogen-bond donors (Lipinski definition) is 0. The topological polar surface area (TPSA) is 9.23 Å². The van der Waals surface area contributed by atoms with Crippen LogP contribution in [0.3, 0.4) is 0 Å². The van der Waals surface area contributed by atoms with E-state index in [1.165, 1.54) is 19.3 Å². The van der Waals surface area contributed by atoms with Crippen LogP contribution in [0.5, 0.6) is 0 Å². The van der Waals surface area contributed by atoms with Gasteiger partial charge in [0.2, 0.25) is 0 Å². The molecule has 0 aromatic rings. The molecule has 0 rings (SSSR count). The smallest absolute Gasteiger partial charge is 0.193 e. The summed E-state index contributed by atoms with van der Waals surface area (Å²) in [5.41, 5.74) is 0. The second-order valence-corrected chi connectivity index (χ2v) is 12.8. The van der Waals surface area contributed by atoms with Gasteiger partial charge in [0.05, 0.1) is 6.61 Å². The molecule has 3 heteroatoms. The Labute approximate surface area is 123 Å². The first-order valence-corrected chi connectivity index (χ1v) is 10.7. The van der Waals surface area contributed by atoms with Crippen molar-refractivity contribution in [3.63, 3.8) is 0 Å². The van der Waals surface area contributed by atoms with Crippen molar-refractivity contribution in [1.29, 1.82) is 0 Å². The second kappa shape index (κ2) is 8.40. The monoisotopic (exact) mass is 332 g/mol. The molecule has 0 heterocycles. The van der Waals surface area contributed by atoms with Crippen LogP contribution in [0.15, 0.2) is 0 Å². The average Bonchev–Trinajstić information content (AvgIpc) is 2.19. The van der Waals surface area contributed by atoms with Crippen LogP contribution in [0, 0.1) is 11.8 Å². The van der Waals surface area contributed by atoms with E-state index >= 15 is 0 Å². The van der Waals surface area contributed by atoms with Crippen LogP contribution >= 0.6 is 15.9 Å². The molecule has 0 fully saturated rings. The summed E-state index contributed by atoms with van der Waals surface area (Å²) in [7, 11) is -1.60. The maximum atomic E-state index is 6.00. The summed E-state index contributed by atoms with van der Waals surface area (Å²) < 4.78 is 6.00. The normalized spacial score (nSPS) is 13.9. The van der Waals surface area contributed by atoms with Gasteiger partial charge in [0.25, 0.3) is 0 Å². The Morgan fingerprint density at radius 3 is 2.28 bits per heavy atom. The van der Waals surface area contributed by atoms with E-state index in [1.54, 1.807) is 0 Å². The lowest BCUT2D eigenvalue weighted by Crippen LogP contribution is -2.40. The van der Waals surface area contributed by atoms with Gasteiger partial charge >= 0.3 is 0 Å². The molecule has 0 radical (unpaired) electrons. The van der Waals surface area contributed by atoms with Crippen LogP contribution in [0.25, 0.3) is 0 Å². The molecule has 0 aromatic carbocycles. The first-order valence-electron chi connectivity index (χ1n) is 6.90. The Bertz CT molecular complexity index is 281. The first-order chi connectivity index (χ1) is 8.17. The summed E-state index contributed by atoms with van der Waals surface area (Å²) in [6.45, 7) is 14.1. The van der Waals surface area contributed by atoms with Crippen LogP contribution < -0.4 is 0 Å². The van der Waals surface area contributed by atoms with Crippen molar-refractivity contribution in [3.05, 3.63) is 0 Å². The molecule has 0 N–H and O–H groups in total. The van der Waals surface area contributed by atoms with Crippen LogP contribution in [-0.2, 0) is 4.43 Å². The predicted molar refractivity (Wildman–Crippen MR) is 87.8 cm³/mol. The van der Waals surface area contributed by atoms with Gasteiger partial charge in [0.15, 0.2) is 8.32 Å². The number of alkyl halides is 1. The van der Waals surface area contributed by atoms with Gasteiger partial charge in [0.1, 0.15) is 0 Å². The van der Waals surface area contributed by atoms with Crippen LogP contribution in [0.1, 0.15) is 53.4 Å². The SMILES string of the molecule is CC(Br)CCCCC#CCO[Si](C)(C)C(C)(C)C. The highest BCUT2D eigenvalue weighted by Gasteiger charge is 2.36. The molecule has 106 valence electrons. The molecular weight excluding hydrogens is 304 g/mol. The quantitative estimate of drug-likeness (QED) is 0.275. The highest BCUT2D eigenvalue weighted by Crippen LogP contribution is 2.36. The van der Waals surface area contributed by atoms with Gasteiger partial charge in [-0.05, 0) is 31.0 Å². The van der Waals surface area contributed by atoms with Gasteiger partial charge in [0, 0.05) is 11.2 Å². The average molecular weight is 333 g/mol. The lowest BCUT2D eigenvalue weighted by atomic mass is 10.2. The number of halogens is 1. The maximum absolute atomic E-state index is 6.00. The molecule has 0 saturated heterocycles. The fourth-order valence-electron chi connectivity index (χ4n) is 1.21. The van der Waals surface area contributed by atoms with Crippen molar-refractivity contribution >= 4 is 24.2 Å². The summed E-state index contributed by atoms with van der Waals surface area (Å²) in [4.78, 5) is 0.632. The zero-order valence-corrected chi connectivity index (χ0v) is 15.5. The zero-order valence-electron chi connectivity index (χ0n) is 12.9. The van der Waals surface area contributed by atoms with E-state index in [4.69, 9.17) is 4.43 Å². The summed E-state index contributed by atoms with van der Waals surface area (Å²) in [5.74, 6) is 6.37. The molecule has 0 aromatic heterocycles. The fraction of sp³-hybridized carbons (Fsp3) is 0.867. The van der Waals surface area contributed by atoms with Crippen molar-refractivity contribution in [2.45, 2.75) is 76.3 Å². The molecule has 0 aliphatic heterocycles. The number of hydrogen-bond acceptors (Lipinski definition) is 1. The van der Waals surface area contributed by atoms with Crippen LogP contribution in [0.4, 0.5) is 0 Å². The third-order valence-electron chi connectivity index (χ3n) is 3.59. The van der Waals surface area contributed by atoms with E-state index in [9.17, 15) is 0 Å². The Hall–Kier alpha value is 0.217. The maximum Gasteiger partial charge on any atom is 0.193 e. The highest BCUT2D eigenvalue weighted by molar-refractivity contribution is 9.09. The van der Waals surface area contributed by atoms with Gasteiger partial charge in [-0.2, -0.15) is 0 Å². The summed E-state index contributed by atoms with van der Waals surface area (Å²) in [6, 6.07) is 0. The molecule has 1 nitrogen and oxygen atoms in total. The lowest BCUT2D eigenvalue weighted by molar-refractivity contribution is 0.334. The Morgan fingerprint density at radius 2 is 1.78 bits per heavy atom.